The Morgan fingerprint density at radius 2 is 1.89 bits per heavy atom. The van der Waals surface area contributed by atoms with Crippen LogP contribution in [-0.4, -0.2) is 15.9 Å². The van der Waals surface area contributed by atoms with Crippen LogP contribution in [0.5, 0.6) is 0 Å². The van der Waals surface area contributed by atoms with E-state index in [2.05, 4.69) is 4.98 Å². The van der Waals surface area contributed by atoms with Crippen LogP contribution < -0.4 is 5.69 Å². The summed E-state index contributed by atoms with van der Waals surface area (Å²) in [5.74, 6) is 0.503. The first-order chi connectivity index (χ1) is 13.3. The molecule has 0 bridgehead atoms. The summed E-state index contributed by atoms with van der Waals surface area (Å²) in [4.78, 5) is 27.9. The van der Waals surface area contributed by atoms with Gasteiger partial charge in [0.2, 0.25) is 0 Å². The summed E-state index contributed by atoms with van der Waals surface area (Å²) in [5.41, 5.74) is -0.432. The van der Waals surface area contributed by atoms with Crippen molar-refractivity contribution in [3.05, 3.63) is 75.2 Å². The number of hydrogen-bond donors (Lipinski definition) is 1. The molecule has 0 saturated carbocycles. The Hall–Kier alpha value is -3.62. The number of ether oxygens (including phenoxy) is 1. The smallest absolute Gasteiger partial charge is 0.431 e. The zero-order chi connectivity index (χ0) is 19.9. The number of carbonyl (C=O) groups excluding carboxylic acids is 1. The van der Waals surface area contributed by atoms with Gasteiger partial charge in [0.15, 0.2) is 0 Å². The molecule has 1 aliphatic heterocycles. The maximum atomic E-state index is 12.8. The highest BCUT2D eigenvalue weighted by molar-refractivity contribution is 5.94. The first-order valence-electron chi connectivity index (χ1n) is 8.06. The van der Waals surface area contributed by atoms with E-state index in [0.717, 1.165) is 17.2 Å². The molecule has 2 aromatic heterocycles. The molecule has 0 unspecified atom stereocenters. The van der Waals surface area contributed by atoms with Crippen molar-refractivity contribution in [1.82, 2.24) is 9.97 Å². The van der Waals surface area contributed by atoms with Gasteiger partial charge in [-0.15, -0.1) is 0 Å². The molecule has 1 N–H and O–H groups in total. The Morgan fingerprint density at radius 1 is 1.07 bits per heavy atom. The largest absolute Gasteiger partial charge is 0.457 e. The number of alkyl halides is 3. The van der Waals surface area contributed by atoms with E-state index in [4.69, 9.17) is 9.15 Å². The fourth-order valence-corrected chi connectivity index (χ4v) is 2.77. The summed E-state index contributed by atoms with van der Waals surface area (Å²) in [7, 11) is 0. The molecule has 3 heterocycles. The van der Waals surface area contributed by atoms with Crippen LogP contribution in [0.2, 0.25) is 0 Å². The van der Waals surface area contributed by atoms with E-state index in [1.807, 2.05) is 0 Å². The number of halogens is 3. The van der Waals surface area contributed by atoms with Gasteiger partial charge in [-0.3, -0.25) is 0 Å². The molecule has 6 nitrogen and oxygen atoms in total. The Bertz CT molecular complexity index is 1160. The summed E-state index contributed by atoms with van der Waals surface area (Å²) in [5, 5.41) is 0. The van der Waals surface area contributed by atoms with E-state index in [1.54, 1.807) is 35.3 Å². The number of esters is 1. The molecular formula is C19H11F3N2O4. The number of rotatable bonds is 3. The third-order valence-corrected chi connectivity index (χ3v) is 4.08. The van der Waals surface area contributed by atoms with Crippen molar-refractivity contribution in [1.29, 1.82) is 0 Å². The topological polar surface area (TPSA) is 85.2 Å². The maximum Gasteiger partial charge on any atom is 0.431 e. The van der Waals surface area contributed by atoms with E-state index in [1.165, 1.54) is 12.2 Å². The highest BCUT2D eigenvalue weighted by Gasteiger charge is 2.32. The zero-order valence-electron chi connectivity index (χ0n) is 14.0. The number of nitrogens with zero attached hydrogens (tertiary/aromatic N) is 1. The van der Waals surface area contributed by atoms with E-state index in [-0.39, 0.29) is 18.3 Å². The summed E-state index contributed by atoms with van der Waals surface area (Å²) in [6, 6.07) is 9.19. The molecule has 4 rings (SSSR count). The van der Waals surface area contributed by atoms with Gasteiger partial charge in [0.05, 0.1) is 11.3 Å². The highest BCUT2D eigenvalue weighted by Crippen LogP contribution is 2.29. The standard InChI is InChI=1S/C19H11F3N2O4/c20-19(21,22)16-8-12(23-18(26)24-16)2-3-13-4-6-15(28-13)10-1-5-14-11(7-10)9-27-17(14)25/h1-8H,9H2,(H,23,24,26). The number of fused-ring (bicyclic) bond motifs is 1. The summed E-state index contributed by atoms with van der Waals surface area (Å²) in [6.07, 6.45) is -2.02. The number of aromatic amines is 1. The summed E-state index contributed by atoms with van der Waals surface area (Å²) >= 11 is 0. The van der Waals surface area contributed by atoms with Crippen LogP contribution in [0.15, 0.2) is 45.6 Å². The van der Waals surface area contributed by atoms with Crippen LogP contribution in [0.1, 0.15) is 33.1 Å². The fraction of sp³-hybridized carbons (Fsp3) is 0.105. The lowest BCUT2D eigenvalue weighted by atomic mass is 10.0. The molecule has 1 aromatic carbocycles. The lowest BCUT2D eigenvalue weighted by molar-refractivity contribution is -0.141. The molecule has 0 fully saturated rings. The van der Waals surface area contributed by atoms with E-state index in [0.29, 0.717) is 17.1 Å². The van der Waals surface area contributed by atoms with Crippen LogP contribution >= 0.6 is 0 Å². The second kappa shape index (κ2) is 6.52. The Balaban J connectivity index is 1.58. The second-order valence-electron chi connectivity index (χ2n) is 6.01. The summed E-state index contributed by atoms with van der Waals surface area (Å²) < 4.78 is 48.9. The zero-order valence-corrected chi connectivity index (χ0v) is 14.0. The van der Waals surface area contributed by atoms with Crippen molar-refractivity contribution in [2.24, 2.45) is 0 Å². The number of carbonyl (C=O) groups is 1. The number of aromatic nitrogens is 2. The van der Waals surface area contributed by atoms with Gasteiger partial charge in [0, 0.05) is 11.1 Å². The quantitative estimate of drug-likeness (QED) is 0.688. The minimum Gasteiger partial charge on any atom is -0.457 e. The lowest BCUT2D eigenvalue weighted by Crippen LogP contribution is -2.19. The minimum absolute atomic E-state index is 0.151. The third-order valence-electron chi connectivity index (χ3n) is 4.08. The number of furan rings is 1. The molecule has 1 aliphatic rings. The van der Waals surface area contributed by atoms with Gasteiger partial charge in [-0.05, 0) is 42.5 Å². The molecule has 0 amide bonds. The minimum atomic E-state index is -4.68. The van der Waals surface area contributed by atoms with Crippen LogP contribution in [0.3, 0.4) is 0 Å². The lowest BCUT2D eigenvalue weighted by Gasteiger charge is -2.05. The third kappa shape index (κ3) is 3.46. The molecule has 0 radical (unpaired) electrons. The number of benzene rings is 1. The normalized spacial score (nSPS) is 13.8. The fourth-order valence-electron chi connectivity index (χ4n) is 2.77. The maximum absolute atomic E-state index is 12.8. The molecule has 0 saturated heterocycles. The molecule has 0 atom stereocenters. The Kier molecular flexibility index (Phi) is 4.14. The number of hydrogen-bond acceptors (Lipinski definition) is 5. The van der Waals surface area contributed by atoms with E-state index < -0.39 is 17.6 Å². The van der Waals surface area contributed by atoms with Crippen molar-refractivity contribution >= 4 is 18.1 Å². The van der Waals surface area contributed by atoms with E-state index in [9.17, 15) is 22.8 Å². The van der Waals surface area contributed by atoms with E-state index >= 15 is 0 Å². The predicted octanol–water partition coefficient (Wildman–Crippen LogP) is 3.89. The number of cyclic esters (lactones) is 1. The Labute approximate surface area is 155 Å². The molecule has 28 heavy (non-hydrogen) atoms. The van der Waals surface area contributed by atoms with Gasteiger partial charge in [0.25, 0.3) is 0 Å². The molecule has 142 valence electrons. The molecule has 3 aromatic rings. The van der Waals surface area contributed by atoms with Gasteiger partial charge >= 0.3 is 17.8 Å². The second-order valence-corrected chi connectivity index (χ2v) is 6.01. The van der Waals surface area contributed by atoms with Crippen LogP contribution in [0, 0.1) is 0 Å². The van der Waals surface area contributed by atoms with Gasteiger partial charge in [-0.25, -0.2) is 9.59 Å². The molecular weight excluding hydrogens is 377 g/mol. The first kappa shape index (κ1) is 17.8. The summed E-state index contributed by atoms with van der Waals surface area (Å²) in [6.45, 7) is 0.200. The van der Waals surface area contributed by atoms with Crippen molar-refractivity contribution in [2.75, 3.05) is 0 Å². The number of H-pyrrole nitrogens is 1. The van der Waals surface area contributed by atoms with Crippen molar-refractivity contribution in [2.45, 2.75) is 12.8 Å². The monoisotopic (exact) mass is 388 g/mol. The average Bonchev–Trinajstić information content (AvgIpc) is 3.26. The van der Waals surface area contributed by atoms with Gasteiger partial charge in [-0.1, -0.05) is 6.07 Å². The highest BCUT2D eigenvalue weighted by atomic mass is 19.4. The predicted molar refractivity (Wildman–Crippen MR) is 92.1 cm³/mol. The van der Waals surface area contributed by atoms with Crippen molar-refractivity contribution in [3.63, 3.8) is 0 Å². The first-order valence-corrected chi connectivity index (χ1v) is 8.06. The van der Waals surface area contributed by atoms with Crippen molar-refractivity contribution < 1.29 is 27.1 Å². The van der Waals surface area contributed by atoms with Gasteiger partial charge < -0.3 is 14.1 Å². The molecule has 0 spiro atoms. The molecule has 9 heteroatoms. The average molecular weight is 388 g/mol. The van der Waals surface area contributed by atoms with Crippen LogP contribution in [0.25, 0.3) is 23.5 Å². The van der Waals surface area contributed by atoms with Crippen molar-refractivity contribution in [3.8, 4) is 11.3 Å². The van der Waals surface area contributed by atoms with Gasteiger partial charge in [0.1, 0.15) is 23.8 Å². The van der Waals surface area contributed by atoms with Crippen LogP contribution in [0.4, 0.5) is 13.2 Å². The number of nitrogens with one attached hydrogen (secondary N) is 1. The molecule has 0 aliphatic carbocycles. The van der Waals surface area contributed by atoms with Gasteiger partial charge in [-0.2, -0.15) is 18.2 Å². The Morgan fingerprint density at radius 3 is 2.68 bits per heavy atom. The SMILES string of the molecule is O=C1OCc2cc(-c3ccc(C=Cc4cc(C(F)(F)F)[nH]c(=O)n4)o3)ccc21. The van der Waals surface area contributed by atoms with Crippen LogP contribution in [-0.2, 0) is 17.5 Å².